The molecule has 0 amide bonds. The van der Waals surface area contributed by atoms with Crippen LogP contribution in [-0.4, -0.2) is 6.54 Å². The summed E-state index contributed by atoms with van der Waals surface area (Å²) in [6, 6.07) is 6.50. The third-order valence-electron chi connectivity index (χ3n) is 4.34. The number of nitrogens with one attached hydrogen (secondary N) is 1. The summed E-state index contributed by atoms with van der Waals surface area (Å²) in [4.78, 5) is 0. The van der Waals surface area contributed by atoms with E-state index < -0.39 is 0 Å². The van der Waals surface area contributed by atoms with E-state index in [1.54, 1.807) is 6.07 Å². The lowest BCUT2D eigenvalue weighted by molar-refractivity contribution is 0.378. The number of benzene rings is 1. The van der Waals surface area contributed by atoms with Crippen LogP contribution in [0, 0.1) is 34.9 Å². The Morgan fingerprint density at radius 3 is 2.53 bits per heavy atom. The highest BCUT2D eigenvalue weighted by molar-refractivity contribution is 5.37. The van der Waals surface area contributed by atoms with Crippen molar-refractivity contribution in [2.75, 3.05) is 6.54 Å². The summed E-state index contributed by atoms with van der Waals surface area (Å²) in [5.74, 6) is 2.38. The Kier molecular flexibility index (Phi) is 3.52. The Morgan fingerprint density at radius 2 is 1.95 bits per heavy atom. The topological polar surface area (TPSA) is 35.8 Å². The van der Waals surface area contributed by atoms with Gasteiger partial charge in [-0.05, 0) is 73.7 Å². The molecule has 100 valence electrons. The van der Waals surface area contributed by atoms with Crippen LogP contribution in [0.2, 0.25) is 0 Å². The summed E-state index contributed by atoms with van der Waals surface area (Å²) >= 11 is 0. The summed E-state index contributed by atoms with van der Waals surface area (Å²) < 4.78 is 13.2. The number of hydrogen-bond donors (Lipinski definition) is 1. The summed E-state index contributed by atoms with van der Waals surface area (Å²) in [6.07, 6.45) is 5.52. The Morgan fingerprint density at radius 1 is 1.26 bits per heavy atom. The molecule has 0 spiro atoms. The monoisotopic (exact) mass is 258 g/mol. The summed E-state index contributed by atoms with van der Waals surface area (Å²) in [7, 11) is 0. The number of nitriles is 1. The van der Waals surface area contributed by atoms with Crippen LogP contribution in [0.25, 0.3) is 0 Å². The molecule has 0 atom stereocenters. The second kappa shape index (κ2) is 5.30. The average Bonchev–Trinajstić information content (AvgIpc) is 3.28. The first kappa shape index (κ1) is 12.6. The molecule has 0 heterocycles. The smallest absolute Gasteiger partial charge is 0.123 e. The molecular weight excluding hydrogens is 239 g/mol. The van der Waals surface area contributed by atoms with E-state index in [-0.39, 0.29) is 5.82 Å². The van der Waals surface area contributed by atoms with Gasteiger partial charge in [-0.3, -0.25) is 0 Å². The Bertz CT molecular complexity index is 486. The molecular formula is C16H19FN2. The predicted molar refractivity (Wildman–Crippen MR) is 71.8 cm³/mol. The van der Waals surface area contributed by atoms with Gasteiger partial charge in [0.1, 0.15) is 5.82 Å². The molecule has 1 aromatic carbocycles. The summed E-state index contributed by atoms with van der Waals surface area (Å²) in [6.45, 7) is 1.60. The van der Waals surface area contributed by atoms with E-state index >= 15 is 0 Å². The van der Waals surface area contributed by atoms with Gasteiger partial charge in [-0.25, -0.2) is 4.39 Å². The van der Waals surface area contributed by atoms with Crippen LogP contribution in [0.4, 0.5) is 4.39 Å². The standard InChI is InChI=1S/C16H19FN2/c17-15-6-5-13(8-18)14(7-15)9-19-10-16(11-1-2-11)12-3-4-12/h5-7,11-12,16,19H,1-4,9-10H2. The lowest BCUT2D eigenvalue weighted by Crippen LogP contribution is -2.25. The van der Waals surface area contributed by atoms with Crippen LogP contribution in [0.5, 0.6) is 0 Å². The third kappa shape index (κ3) is 3.13. The van der Waals surface area contributed by atoms with Crippen molar-refractivity contribution < 1.29 is 4.39 Å². The minimum atomic E-state index is -0.267. The highest BCUT2D eigenvalue weighted by Crippen LogP contribution is 2.48. The zero-order valence-corrected chi connectivity index (χ0v) is 11.0. The van der Waals surface area contributed by atoms with Crippen molar-refractivity contribution in [1.29, 1.82) is 5.26 Å². The van der Waals surface area contributed by atoms with Crippen LogP contribution in [0.3, 0.4) is 0 Å². The Labute approximate surface area is 113 Å². The largest absolute Gasteiger partial charge is 0.312 e. The molecule has 3 rings (SSSR count). The van der Waals surface area contributed by atoms with Crippen LogP contribution >= 0.6 is 0 Å². The molecule has 19 heavy (non-hydrogen) atoms. The number of halogens is 1. The molecule has 1 aromatic rings. The van der Waals surface area contributed by atoms with Crippen LogP contribution in [0.15, 0.2) is 18.2 Å². The number of rotatable bonds is 6. The van der Waals surface area contributed by atoms with E-state index in [0.29, 0.717) is 12.1 Å². The molecule has 0 saturated heterocycles. The van der Waals surface area contributed by atoms with Crippen LogP contribution < -0.4 is 5.32 Å². The molecule has 2 aliphatic carbocycles. The molecule has 0 bridgehead atoms. The molecule has 2 aliphatic rings. The summed E-state index contributed by atoms with van der Waals surface area (Å²) in [5, 5.41) is 12.4. The van der Waals surface area contributed by atoms with Gasteiger partial charge in [0.05, 0.1) is 11.6 Å². The Balaban J connectivity index is 1.56. The van der Waals surface area contributed by atoms with Gasteiger partial charge < -0.3 is 5.32 Å². The van der Waals surface area contributed by atoms with Crippen molar-refractivity contribution in [2.45, 2.75) is 32.2 Å². The zero-order valence-electron chi connectivity index (χ0n) is 11.0. The molecule has 0 radical (unpaired) electrons. The van der Waals surface area contributed by atoms with Gasteiger partial charge in [0, 0.05) is 6.54 Å². The van der Waals surface area contributed by atoms with Gasteiger partial charge in [0.15, 0.2) is 0 Å². The van der Waals surface area contributed by atoms with Gasteiger partial charge in [0.2, 0.25) is 0 Å². The lowest BCUT2D eigenvalue weighted by atomic mass is 9.98. The van der Waals surface area contributed by atoms with Gasteiger partial charge >= 0.3 is 0 Å². The second-order valence-electron chi connectivity index (χ2n) is 5.88. The Hall–Kier alpha value is -1.40. The van der Waals surface area contributed by atoms with Gasteiger partial charge in [-0.15, -0.1) is 0 Å². The molecule has 3 heteroatoms. The van der Waals surface area contributed by atoms with E-state index in [1.165, 1.54) is 37.8 Å². The van der Waals surface area contributed by atoms with Crippen molar-refractivity contribution in [3.05, 3.63) is 35.1 Å². The van der Waals surface area contributed by atoms with Gasteiger partial charge in [-0.1, -0.05) is 0 Å². The zero-order chi connectivity index (χ0) is 13.2. The minimum Gasteiger partial charge on any atom is -0.312 e. The molecule has 2 fully saturated rings. The number of hydrogen-bond acceptors (Lipinski definition) is 2. The highest BCUT2D eigenvalue weighted by Gasteiger charge is 2.40. The second-order valence-corrected chi connectivity index (χ2v) is 5.88. The van der Waals surface area contributed by atoms with E-state index in [2.05, 4.69) is 11.4 Å². The van der Waals surface area contributed by atoms with Crippen molar-refractivity contribution in [3.63, 3.8) is 0 Å². The molecule has 0 aliphatic heterocycles. The maximum atomic E-state index is 13.2. The fourth-order valence-electron chi connectivity index (χ4n) is 2.96. The third-order valence-corrected chi connectivity index (χ3v) is 4.34. The predicted octanol–water partition coefficient (Wildman–Crippen LogP) is 3.22. The maximum Gasteiger partial charge on any atom is 0.123 e. The number of nitrogens with zero attached hydrogens (tertiary/aromatic N) is 1. The first-order chi connectivity index (χ1) is 9.28. The van der Waals surface area contributed by atoms with Crippen molar-refractivity contribution in [3.8, 4) is 6.07 Å². The normalized spacial score (nSPS) is 18.6. The molecule has 2 saturated carbocycles. The van der Waals surface area contributed by atoms with Crippen LogP contribution in [-0.2, 0) is 6.54 Å². The quantitative estimate of drug-likeness (QED) is 0.850. The van der Waals surface area contributed by atoms with E-state index in [9.17, 15) is 4.39 Å². The SMILES string of the molecule is N#Cc1ccc(F)cc1CNCC(C1CC1)C1CC1. The fourth-order valence-corrected chi connectivity index (χ4v) is 2.96. The van der Waals surface area contributed by atoms with Crippen molar-refractivity contribution >= 4 is 0 Å². The van der Waals surface area contributed by atoms with Gasteiger partial charge in [-0.2, -0.15) is 5.26 Å². The first-order valence-electron chi connectivity index (χ1n) is 7.17. The van der Waals surface area contributed by atoms with E-state index in [1.807, 2.05) is 0 Å². The van der Waals surface area contributed by atoms with E-state index in [4.69, 9.17) is 5.26 Å². The van der Waals surface area contributed by atoms with E-state index in [0.717, 1.165) is 29.9 Å². The highest BCUT2D eigenvalue weighted by atomic mass is 19.1. The molecule has 0 aromatic heterocycles. The van der Waals surface area contributed by atoms with Crippen molar-refractivity contribution in [2.24, 2.45) is 17.8 Å². The van der Waals surface area contributed by atoms with Crippen molar-refractivity contribution in [1.82, 2.24) is 5.32 Å². The lowest BCUT2D eigenvalue weighted by Gasteiger charge is -2.16. The average molecular weight is 258 g/mol. The van der Waals surface area contributed by atoms with Crippen LogP contribution in [0.1, 0.15) is 36.8 Å². The van der Waals surface area contributed by atoms with Gasteiger partial charge in [0.25, 0.3) is 0 Å². The minimum absolute atomic E-state index is 0.267. The maximum absolute atomic E-state index is 13.2. The molecule has 1 N–H and O–H groups in total. The molecule has 2 nitrogen and oxygen atoms in total. The molecule has 0 unspecified atom stereocenters. The fraction of sp³-hybridized carbons (Fsp3) is 0.562. The first-order valence-corrected chi connectivity index (χ1v) is 7.17. The summed E-state index contributed by atoms with van der Waals surface area (Å²) in [5.41, 5.74) is 1.34.